The normalized spacial score (nSPS) is 22.6. The molecule has 1 aliphatic carbocycles. The van der Waals surface area contributed by atoms with E-state index in [1.54, 1.807) is 23.2 Å². The first kappa shape index (κ1) is 26.0. The molecular weight excluding hydrogens is 483 g/mol. The molecule has 0 unspecified atom stereocenters. The molecule has 2 saturated heterocycles. The first-order chi connectivity index (χ1) is 17.7. The number of ether oxygens (including phenoxy) is 1. The number of hydrogen-bond donors (Lipinski definition) is 1. The van der Waals surface area contributed by atoms with Gasteiger partial charge < -0.3 is 19.6 Å². The van der Waals surface area contributed by atoms with Gasteiger partial charge in [0, 0.05) is 43.0 Å². The van der Waals surface area contributed by atoms with Crippen LogP contribution in [0.25, 0.3) is 11.1 Å². The minimum atomic E-state index is -4.11. The van der Waals surface area contributed by atoms with Gasteiger partial charge in [0.25, 0.3) is 5.91 Å². The fourth-order valence-electron chi connectivity index (χ4n) is 5.63. The molecule has 200 valence electrons. The van der Waals surface area contributed by atoms with Crippen molar-refractivity contribution in [3.05, 3.63) is 48.2 Å². The van der Waals surface area contributed by atoms with Crippen LogP contribution in [0.1, 0.15) is 48.9 Å². The number of piperidine rings is 1. The third kappa shape index (κ3) is 5.77. The number of halogens is 3. The molecule has 1 aromatic heterocycles. The quantitative estimate of drug-likeness (QED) is 0.573. The molecule has 3 aliphatic rings. The van der Waals surface area contributed by atoms with Crippen LogP contribution in [0.5, 0.6) is 5.88 Å². The van der Waals surface area contributed by atoms with Gasteiger partial charge in [-0.3, -0.25) is 4.79 Å². The van der Waals surface area contributed by atoms with Crippen LogP contribution in [0.3, 0.4) is 0 Å². The first-order valence-electron chi connectivity index (χ1n) is 13.2. The fraction of sp³-hybridized carbons (Fsp3) is 0.571. The number of benzene rings is 1. The number of likely N-dealkylation sites (tertiary alicyclic amines) is 2. The molecule has 6 nitrogen and oxygen atoms in total. The molecule has 1 amide bonds. The Morgan fingerprint density at radius 2 is 1.73 bits per heavy atom. The summed E-state index contributed by atoms with van der Waals surface area (Å²) in [7, 11) is 0. The second-order valence-electron chi connectivity index (χ2n) is 10.8. The zero-order valence-corrected chi connectivity index (χ0v) is 20.9. The molecule has 0 radical (unpaired) electrons. The van der Waals surface area contributed by atoms with Gasteiger partial charge in [-0.05, 0) is 74.9 Å². The van der Waals surface area contributed by atoms with Crippen molar-refractivity contribution in [2.24, 2.45) is 11.3 Å². The van der Waals surface area contributed by atoms with E-state index in [9.17, 15) is 23.1 Å². The minimum Gasteiger partial charge on any atom is -0.477 e. The maximum Gasteiger partial charge on any atom is 0.395 e. The maximum atomic E-state index is 13.5. The monoisotopic (exact) mass is 517 g/mol. The molecule has 1 saturated carbocycles. The van der Waals surface area contributed by atoms with Crippen LogP contribution < -0.4 is 4.74 Å². The van der Waals surface area contributed by atoms with Gasteiger partial charge in [0.2, 0.25) is 5.88 Å². The summed E-state index contributed by atoms with van der Waals surface area (Å²) in [5.74, 6) is 0.762. The van der Waals surface area contributed by atoms with Crippen molar-refractivity contribution in [2.75, 3.05) is 39.3 Å². The first-order valence-corrected chi connectivity index (χ1v) is 13.2. The minimum absolute atomic E-state index is 0.0706. The standard InChI is InChI=1S/C28H34F3N3O3/c29-28(30,31)27(11-1-12-27)19-33-13-8-20(9-14-33)18-37-25-7-6-23(16-32-25)21-2-4-22(5-3-21)26(36)34-15-10-24(35)17-34/h2-7,16,20,24,35H,1,8-15,17-19H2/t24-/m0/s1. The number of aliphatic hydroxyl groups excluding tert-OH is 1. The van der Waals surface area contributed by atoms with Gasteiger partial charge in [0.05, 0.1) is 18.1 Å². The predicted octanol–water partition coefficient (Wildman–Crippen LogP) is 4.78. The molecule has 1 atom stereocenters. The molecule has 5 rings (SSSR count). The lowest BCUT2D eigenvalue weighted by atomic mass is 9.67. The average Bonchev–Trinajstić information content (AvgIpc) is 3.31. The lowest BCUT2D eigenvalue weighted by molar-refractivity contribution is -0.256. The molecule has 9 heteroatoms. The molecule has 1 N–H and O–H groups in total. The van der Waals surface area contributed by atoms with E-state index in [1.165, 1.54) is 0 Å². The molecule has 2 aromatic rings. The van der Waals surface area contributed by atoms with Gasteiger partial charge in [0.15, 0.2) is 0 Å². The molecular formula is C28H34F3N3O3. The summed E-state index contributed by atoms with van der Waals surface area (Å²) in [4.78, 5) is 20.6. The average molecular weight is 518 g/mol. The van der Waals surface area contributed by atoms with Crippen LogP contribution in [-0.2, 0) is 0 Å². The number of nitrogens with zero attached hydrogens (tertiary/aromatic N) is 3. The van der Waals surface area contributed by atoms with E-state index < -0.39 is 17.7 Å². The zero-order chi connectivity index (χ0) is 26.0. The van der Waals surface area contributed by atoms with Crippen molar-refractivity contribution < 1.29 is 27.8 Å². The summed E-state index contributed by atoms with van der Waals surface area (Å²) in [5.41, 5.74) is 0.950. The van der Waals surface area contributed by atoms with Crippen molar-refractivity contribution in [1.82, 2.24) is 14.8 Å². The number of alkyl halides is 3. The summed E-state index contributed by atoms with van der Waals surface area (Å²) in [6, 6.07) is 11.1. The Bertz CT molecular complexity index is 1060. The van der Waals surface area contributed by atoms with Crippen molar-refractivity contribution in [1.29, 1.82) is 0 Å². The summed E-state index contributed by atoms with van der Waals surface area (Å²) < 4.78 is 46.3. The highest BCUT2D eigenvalue weighted by Crippen LogP contribution is 2.53. The van der Waals surface area contributed by atoms with Crippen LogP contribution in [0.15, 0.2) is 42.6 Å². The number of aliphatic hydroxyl groups is 1. The molecule has 37 heavy (non-hydrogen) atoms. The topological polar surface area (TPSA) is 65.9 Å². The Kier molecular flexibility index (Phi) is 7.45. The van der Waals surface area contributed by atoms with E-state index in [0.29, 0.717) is 63.0 Å². The third-order valence-corrected chi connectivity index (χ3v) is 8.26. The van der Waals surface area contributed by atoms with E-state index in [1.807, 2.05) is 29.2 Å². The Hall–Kier alpha value is -2.65. The van der Waals surface area contributed by atoms with Gasteiger partial charge in [-0.2, -0.15) is 13.2 Å². The highest BCUT2D eigenvalue weighted by Gasteiger charge is 2.58. The van der Waals surface area contributed by atoms with Gasteiger partial charge in [0.1, 0.15) is 0 Å². The van der Waals surface area contributed by atoms with Crippen molar-refractivity contribution in [2.45, 2.75) is 50.8 Å². The van der Waals surface area contributed by atoms with Crippen LogP contribution in [0.2, 0.25) is 0 Å². The summed E-state index contributed by atoms with van der Waals surface area (Å²) in [6.07, 6.45) is 0.643. The number of β-amino-alcohol motifs (C(OH)–C–C–N with tert-alkyl or cyclic N) is 1. The number of hydrogen-bond acceptors (Lipinski definition) is 5. The molecule has 0 spiro atoms. The summed E-state index contributed by atoms with van der Waals surface area (Å²) in [6.45, 7) is 2.94. The van der Waals surface area contributed by atoms with E-state index in [0.717, 1.165) is 24.0 Å². The number of carbonyl (C=O) groups excluding carboxylic acids is 1. The SMILES string of the molecule is O=C(c1ccc(-c2ccc(OCC3CCN(CC4(C(F)(F)F)CCC4)CC3)nc2)cc1)N1CC[C@H](O)C1. The lowest BCUT2D eigenvalue weighted by Crippen LogP contribution is -2.53. The van der Waals surface area contributed by atoms with Gasteiger partial charge >= 0.3 is 6.18 Å². The van der Waals surface area contributed by atoms with E-state index in [-0.39, 0.29) is 25.3 Å². The van der Waals surface area contributed by atoms with Gasteiger partial charge in [-0.25, -0.2) is 4.98 Å². The van der Waals surface area contributed by atoms with Gasteiger partial charge in [-0.15, -0.1) is 0 Å². The van der Waals surface area contributed by atoms with Crippen molar-refractivity contribution >= 4 is 5.91 Å². The predicted molar refractivity (Wildman–Crippen MR) is 133 cm³/mol. The smallest absolute Gasteiger partial charge is 0.395 e. The van der Waals surface area contributed by atoms with Gasteiger partial charge in [-0.1, -0.05) is 18.6 Å². The second-order valence-corrected chi connectivity index (χ2v) is 10.8. The van der Waals surface area contributed by atoms with Crippen molar-refractivity contribution in [3.63, 3.8) is 0 Å². The molecule has 3 fully saturated rings. The molecule has 0 bridgehead atoms. The van der Waals surface area contributed by atoms with E-state index >= 15 is 0 Å². The Morgan fingerprint density at radius 1 is 1.03 bits per heavy atom. The highest BCUT2D eigenvalue weighted by atomic mass is 19.4. The van der Waals surface area contributed by atoms with E-state index in [2.05, 4.69) is 4.98 Å². The lowest BCUT2D eigenvalue weighted by Gasteiger charge is -2.47. The number of amides is 1. The molecule has 3 heterocycles. The van der Waals surface area contributed by atoms with Crippen molar-refractivity contribution in [3.8, 4) is 17.0 Å². The number of aromatic nitrogens is 1. The third-order valence-electron chi connectivity index (χ3n) is 8.26. The Labute approximate surface area is 215 Å². The maximum absolute atomic E-state index is 13.5. The van der Waals surface area contributed by atoms with Crippen LogP contribution in [0.4, 0.5) is 13.2 Å². The summed E-state index contributed by atoms with van der Waals surface area (Å²) in [5, 5.41) is 9.66. The number of pyridine rings is 1. The summed E-state index contributed by atoms with van der Waals surface area (Å²) >= 11 is 0. The largest absolute Gasteiger partial charge is 0.477 e. The van der Waals surface area contributed by atoms with Crippen LogP contribution in [-0.4, -0.2) is 77.4 Å². The van der Waals surface area contributed by atoms with Crippen LogP contribution >= 0.6 is 0 Å². The zero-order valence-electron chi connectivity index (χ0n) is 20.9. The number of carbonyl (C=O) groups is 1. The molecule has 2 aliphatic heterocycles. The fourth-order valence-corrected chi connectivity index (χ4v) is 5.63. The Balaban J connectivity index is 1.08. The second kappa shape index (κ2) is 10.6. The highest BCUT2D eigenvalue weighted by molar-refractivity contribution is 5.94. The van der Waals surface area contributed by atoms with E-state index in [4.69, 9.17) is 4.74 Å². The van der Waals surface area contributed by atoms with Crippen LogP contribution in [0, 0.1) is 11.3 Å². The number of rotatable bonds is 7. The Morgan fingerprint density at radius 3 is 2.27 bits per heavy atom. The molecule has 1 aromatic carbocycles.